The van der Waals surface area contributed by atoms with E-state index in [4.69, 9.17) is 23.2 Å². The van der Waals surface area contributed by atoms with Gasteiger partial charge in [0.15, 0.2) is 9.84 Å². The molecule has 2 aromatic rings. The average molecular weight is 335 g/mol. The molecule has 0 atom stereocenters. The highest BCUT2D eigenvalue weighted by Gasteiger charge is 2.14. The van der Waals surface area contributed by atoms with Crippen molar-refractivity contribution in [2.75, 3.05) is 17.4 Å². The summed E-state index contributed by atoms with van der Waals surface area (Å²) < 4.78 is 25.3. The highest BCUT2D eigenvalue weighted by Crippen LogP contribution is 2.21. The van der Waals surface area contributed by atoms with Gasteiger partial charge < -0.3 is 4.57 Å². The third kappa shape index (κ3) is 3.45. The van der Waals surface area contributed by atoms with E-state index in [1.165, 1.54) is 0 Å². The second-order valence-corrected chi connectivity index (χ2v) is 7.78. The number of aryl methyl sites for hydroxylation is 2. The number of sulfone groups is 1. The maximum Gasteiger partial charge on any atom is 0.151 e. The topological polar surface area (TPSA) is 52.0 Å². The summed E-state index contributed by atoms with van der Waals surface area (Å²) in [6.45, 7) is 2.02. The molecule has 0 bridgehead atoms. The fourth-order valence-corrected chi connectivity index (χ4v) is 3.13. The van der Waals surface area contributed by atoms with Crippen molar-refractivity contribution in [3.8, 4) is 0 Å². The lowest BCUT2D eigenvalue weighted by molar-refractivity contribution is 0.589. The predicted molar refractivity (Wildman–Crippen MR) is 83.5 cm³/mol. The van der Waals surface area contributed by atoms with Crippen LogP contribution < -0.4 is 0 Å². The number of fused-ring (bicyclic) bond motifs is 1. The zero-order chi connectivity index (χ0) is 14.8. The standard InChI is InChI=1S/C13H16Cl2N2O2S/c1-2-20(18,19)8-7-17-12-9-10(15)3-4-11(12)16-13(17)5-6-14/h3-4,9H,2,5-8H2,1H3. The minimum absolute atomic E-state index is 0.0940. The number of rotatable bonds is 6. The molecule has 1 aromatic carbocycles. The van der Waals surface area contributed by atoms with E-state index in [1.807, 2.05) is 10.6 Å². The first-order valence-corrected chi connectivity index (χ1v) is 9.11. The summed E-state index contributed by atoms with van der Waals surface area (Å²) >= 11 is 11.8. The Labute approximate surface area is 128 Å². The van der Waals surface area contributed by atoms with Crippen LogP contribution in [-0.4, -0.2) is 35.4 Å². The quantitative estimate of drug-likeness (QED) is 0.763. The first-order chi connectivity index (χ1) is 9.46. The SMILES string of the molecule is CCS(=O)(=O)CCn1c(CCCl)nc2ccc(Cl)cc21. The number of halogens is 2. The second kappa shape index (κ2) is 6.33. The molecule has 0 saturated heterocycles. The Morgan fingerprint density at radius 3 is 2.75 bits per heavy atom. The van der Waals surface area contributed by atoms with Crippen molar-refractivity contribution < 1.29 is 8.42 Å². The molecule has 0 fully saturated rings. The van der Waals surface area contributed by atoms with E-state index in [9.17, 15) is 8.42 Å². The maximum atomic E-state index is 11.7. The normalized spacial score (nSPS) is 12.2. The van der Waals surface area contributed by atoms with Gasteiger partial charge in [-0.3, -0.25) is 0 Å². The Morgan fingerprint density at radius 2 is 2.10 bits per heavy atom. The Morgan fingerprint density at radius 1 is 1.35 bits per heavy atom. The average Bonchev–Trinajstić information content (AvgIpc) is 2.74. The number of hydrogen-bond acceptors (Lipinski definition) is 3. The van der Waals surface area contributed by atoms with Gasteiger partial charge >= 0.3 is 0 Å². The Kier molecular flexibility index (Phi) is 4.94. The molecule has 110 valence electrons. The Hall–Kier alpha value is -0.780. The molecule has 0 amide bonds. The minimum Gasteiger partial charge on any atom is -0.327 e. The molecule has 0 radical (unpaired) electrons. The van der Waals surface area contributed by atoms with E-state index >= 15 is 0 Å². The summed E-state index contributed by atoms with van der Waals surface area (Å²) in [5.74, 6) is 1.48. The lowest BCUT2D eigenvalue weighted by Gasteiger charge is -2.08. The van der Waals surface area contributed by atoms with Crippen LogP contribution in [0.5, 0.6) is 0 Å². The van der Waals surface area contributed by atoms with Crippen LogP contribution in [0.1, 0.15) is 12.7 Å². The first kappa shape index (κ1) is 15.6. The molecule has 20 heavy (non-hydrogen) atoms. The van der Waals surface area contributed by atoms with Crippen molar-refractivity contribution in [3.63, 3.8) is 0 Å². The molecule has 0 aliphatic heterocycles. The summed E-state index contributed by atoms with van der Waals surface area (Å²) in [5, 5.41) is 0.606. The second-order valence-electron chi connectivity index (χ2n) is 4.49. The van der Waals surface area contributed by atoms with Crippen LogP contribution in [0.25, 0.3) is 11.0 Å². The fraction of sp³-hybridized carbons (Fsp3) is 0.462. The predicted octanol–water partition coefficient (Wildman–Crippen LogP) is 2.91. The zero-order valence-electron chi connectivity index (χ0n) is 11.1. The van der Waals surface area contributed by atoms with E-state index in [0.717, 1.165) is 16.9 Å². The van der Waals surface area contributed by atoms with E-state index in [0.29, 0.717) is 23.9 Å². The Bertz CT molecular complexity index is 710. The largest absolute Gasteiger partial charge is 0.327 e. The number of benzene rings is 1. The number of aromatic nitrogens is 2. The van der Waals surface area contributed by atoms with Crippen molar-refractivity contribution in [2.24, 2.45) is 0 Å². The molecular formula is C13H16Cl2N2O2S. The zero-order valence-corrected chi connectivity index (χ0v) is 13.5. The van der Waals surface area contributed by atoms with Gasteiger partial charge in [0.25, 0.3) is 0 Å². The van der Waals surface area contributed by atoms with Gasteiger partial charge in [-0.15, -0.1) is 11.6 Å². The molecule has 0 spiro atoms. The molecule has 0 aliphatic rings. The highest BCUT2D eigenvalue weighted by atomic mass is 35.5. The van der Waals surface area contributed by atoms with Crippen LogP contribution in [0.2, 0.25) is 5.02 Å². The Balaban J connectivity index is 2.42. The van der Waals surface area contributed by atoms with Crippen molar-refractivity contribution in [1.82, 2.24) is 9.55 Å². The summed E-state index contributed by atoms with van der Waals surface area (Å²) in [7, 11) is -3.02. The van der Waals surface area contributed by atoms with Crippen LogP contribution in [0.3, 0.4) is 0 Å². The van der Waals surface area contributed by atoms with Crippen LogP contribution >= 0.6 is 23.2 Å². The van der Waals surface area contributed by atoms with Gasteiger partial charge in [0.05, 0.1) is 16.8 Å². The summed E-state index contributed by atoms with van der Waals surface area (Å²) in [5.41, 5.74) is 1.66. The first-order valence-electron chi connectivity index (χ1n) is 6.38. The van der Waals surface area contributed by atoms with Gasteiger partial charge in [0.2, 0.25) is 0 Å². The lowest BCUT2D eigenvalue weighted by Crippen LogP contribution is -2.16. The van der Waals surface area contributed by atoms with Gasteiger partial charge in [-0.05, 0) is 18.2 Å². The number of hydrogen-bond donors (Lipinski definition) is 0. The summed E-state index contributed by atoms with van der Waals surface area (Å²) in [6, 6.07) is 5.41. The van der Waals surface area contributed by atoms with E-state index in [2.05, 4.69) is 4.98 Å². The van der Waals surface area contributed by atoms with Crippen molar-refractivity contribution in [1.29, 1.82) is 0 Å². The van der Waals surface area contributed by atoms with E-state index in [-0.39, 0.29) is 11.5 Å². The van der Waals surface area contributed by atoms with Gasteiger partial charge in [-0.25, -0.2) is 13.4 Å². The smallest absolute Gasteiger partial charge is 0.151 e. The van der Waals surface area contributed by atoms with Crippen LogP contribution in [0.15, 0.2) is 18.2 Å². The molecule has 0 aliphatic carbocycles. The van der Waals surface area contributed by atoms with Crippen LogP contribution in [-0.2, 0) is 22.8 Å². The fourth-order valence-electron chi connectivity index (χ4n) is 2.05. The number of imidazole rings is 1. The van der Waals surface area contributed by atoms with Gasteiger partial charge in [-0.2, -0.15) is 0 Å². The third-order valence-electron chi connectivity index (χ3n) is 3.17. The monoisotopic (exact) mass is 334 g/mol. The minimum atomic E-state index is -3.02. The van der Waals surface area contributed by atoms with Gasteiger partial charge in [0.1, 0.15) is 5.82 Å². The highest BCUT2D eigenvalue weighted by molar-refractivity contribution is 7.91. The van der Waals surface area contributed by atoms with Crippen LogP contribution in [0.4, 0.5) is 0 Å². The molecule has 1 aromatic heterocycles. The van der Waals surface area contributed by atoms with E-state index < -0.39 is 9.84 Å². The third-order valence-corrected chi connectivity index (χ3v) is 5.28. The van der Waals surface area contributed by atoms with Crippen molar-refractivity contribution in [2.45, 2.75) is 19.9 Å². The molecule has 0 unspecified atom stereocenters. The van der Waals surface area contributed by atoms with E-state index in [1.54, 1.807) is 19.1 Å². The molecular weight excluding hydrogens is 319 g/mol. The molecule has 1 heterocycles. The maximum absolute atomic E-state index is 11.7. The molecule has 0 N–H and O–H groups in total. The van der Waals surface area contributed by atoms with Crippen molar-refractivity contribution in [3.05, 3.63) is 29.0 Å². The van der Waals surface area contributed by atoms with Crippen molar-refractivity contribution >= 4 is 44.1 Å². The molecule has 2 rings (SSSR count). The molecule has 4 nitrogen and oxygen atoms in total. The summed E-state index contributed by atoms with van der Waals surface area (Å²) in [6.07, 6.45) is 0.597. The molecule has 0 saturated carbocycles. The van der Waals surface area contributed by atoms with Gasteiger partial charge in [-0.1, -0.05) is 18.5 Å². The number of alkyl halides is 1. The molecule has 7 heteroatoms. The lowest BCUT2D eigenvalue weighted by atomic mass is 10.3. The van der Waals surface area contributed by atoms with Gasteiger partial charge in [0, 0.05) is 29.6 Å². The number of nitrogens with zero attached hydrogens (tertiary/aromatic N) is 2. The van der Waals surface area contributed by atoms with Crippen LogP contribution in [0, 0.1) is 0 Å². The summed E-state index contributed by atoms with van der Waals surface area (Å²) in [4.78, 5) is 4.50.